The van der Waals surface area contributed by atoms with Gasteiger partial charge in [0.25, 0.3) is 0 Å². The number of guanidine groups is 1. The van der Waals surface area contributed by atoms with Crippen LogP contribution in [-0.2, 0) is 13.1 Å². The summed E-state index contributed by atoms with van der Waals surface area (Å²) in [6, 6.07) is 8.13. The number of thiazole rings is 1. The van der Waals surface area contributed by atoms with Crippen LogP contribution in [0, 0.1) is 12.8 Å². The van der Waals surface area contributed by atoms with Crippen LogP contribution in [0.1, 0.15) is 35.7 Å². The zero-order valence-corrected chi connectivity index (χ0v) is 19.1. The Morgan fingerprint density at radius 2 is 1.96 bits per heavy atom. The first-order chi connectivity index (χ1) is 12.1. The Hall–Kier alpha value is -1.35. The Kier molecular flexibility index (Phi) is 10.6. The van der Waals surface area contributed by atoms with Crippen molar-refractivity contribution in [3.8, 4) is 5.75 Å². The van der Waals surface area contributed by atoms with Crippen LogP contribution >= 0.6 is 35.3 Å². The quantitative estimate of drug-likeness (QED) is 0.330. The maximum Gasteiger partial charge on any atom is 0.191 e. The van der Waals surface area contributed by atoms with E-state index in [-0.39, 0.29) is 24.0 Å². The summed E-state index contributed by atoms with van der Waals surface area (Å²) in [5.74, 6) is 2.33. The molecule has 144 valence electrons. The highest BCUT2D eigenvalue weighted by Gasteiger charge is 2.06. The molecule has 1 aromatic carbocycles. The predicted molar refractivity (Wildman–Crippen MR) is 121 cm³/mol. The number of aliphatic imine (C=N–C) groups is 1. The molecule has 0 fully saturated rings. The third-order valence-corrected chi connectivity index (χ3v) is 4.58. The van der Waals surface area contributed by atoms with Gasteiger partial charge in [0.2, 0.25) is 0 Å². The molecule has 0 atom stereocenters. The zero-order chi connectivity index (χ0) is 18.1. The third kappa shape index (κ3) is 7.90. The molecule has 5 nitrogen and oxygen atoms in total. The molecule has 0 aliphatic heterocycles. The fraction of sp³-hybridized carbons (Fsp3) is 0.474. The minimum Gasteiger partial charge on any atom is -0.493 e. The molecular formula is C19H29IN4OS. The second-order valence-electron chi connectivity index (χ2n) is 6.28. The third-order valence-electron chi connectivity index (χ3n) is 3.67. The Morgan fingerprint density at radius 1 is 1.23 bits per heavy atom. The highest BCUT2D eigenvalue weighted by atomic mass is 127. The first-order valence-electron chi connectivity index (χ1n) is 8.65. The van der Waals surface area contributed by atoms with Crippen molar-refractivity contribution >= 4 is 41.3 Å². The summed E-state index contributed by atoms with van der Waals surface area (Å²) in [6.07, 6.45) is 2.95. The number of benzene rings is 1. The molecule has 0 unspecified atom stereocenters. The summed E-state index contributed by atoms with van der Waals surface area (Å²) >= 11 is 1.69. The average Bonchev–Trinajstić information content (AvgIpc) is 3.01. The molecule has 1 aromatic heterocycles. The minimum atomic E-state index is 0. The Labute approximate surface area is 177 Å². The molecule has 0 amide bonds. The van der Waals surface area contributed by atoms with Gasteiger partial charge in [-0.1, -0.05) is 32.0 Å². The summed E-state index contributed by atoms with van der Waals surface area (Å²) in [6.45, 7) is 8.54. The van der Waals surface area contributed by atoms with Gasteiger partial charge >= 0.3 is 0 Å². The zero-order valence-electron chi connectivity index (χ0n) is 15.9. The van der Waals surface area contributed by atoms with E-state index >= 15 is 0 Å². The lowest BCUT2D eigenvalue weighted by atomic mass is 10.1. The van der Waals surface area contributed by atoms with Gasteiger partial charge in [-0.3, -0.25) is 4.99 Å². The van der Waals surface area contributed by atoms with E-state index in [9.17, 15) is 0 Å². The van der Waals surface area contributed by atoms with Crippen molar-refractivity contribution in [2.45, 2.75) is 40.3 Å². The monoisotopic (exact) mass is 488 g/mol. The fourth-order valence-corrected chi connectivity index (χ4v) is 2.96. The van der Waals surface area contributed by atoms with E-state index in [0.717, 1.165) is 35.3 Å². The highest BCUT2D eigenvalue weighted by molar-refractivity contribution is 14.0. The first kappa shape index (κ1) is 22.7. The molecule has 2 rings (SSSR count). The maximum absolute atomic E-state index is 5.94. The molecule has 0 radical (unpaired) electrons. The van der Waals surface area contributed by atoms with Crippen molar-refractivity contribution < 1.29 is 4.74 Å². The number of aryl methyl sites for hydroxylation is 1. The first-order valence-corrected chi connectivity index (χ1v) is 9.46. The van der Waals surface area contributed by atoms with Crippen LogP contribution in [0.2, 0.25) is 0 Å². The number of aromatic nitrogens is 1. The molecule has 0 spiro atoms. The number of nitrogens with one attached hydrogen (secondary N) is 2. The standard InChI is InChI=1S/C19H28N4OS.HI/c1-14(2)9-10-24-17-8-6-5-7-16(17)12-22-19(20-4)23-13-18-21-11-15(3)25-18;/h5-8,11,14H,9-10,12-13H2,1-4H3,(H2,20,22,23);1H. The lowest BCUT2D eigenvalue weighted by Gasteiger charge is -2.15. The van der Waals surface area contributed by atoms with Crippen molar-refractivity contribution in [2.24, 2.45) is 10.9 Å². The van der Waals surface area contributed by atoms with E-state index in [0.29, 0.717) is 19.0 Å². The van der Waals surface area contributed by atoms with Gasteiger partial charge in [-0.2, -0.15) is 0 Å². The Bertz CT molecular complexity index is 688. The Morgan fingerprint density at radius 3 is 2.62 bits per heavy atom. The molecule has 7 heteroatoms. The summed E-state index contributed by atoms with van der Waals surface area (Å²) in [7, 11) is 1.77. The van der Waals surface area contributed by atoms with E-state index in [1.165, 1.54) is 4.88 Å². The molecule has 2 aromatic rings. The smallest absolute Gasteiger partial charge is 0.191 e. The largest absolute Gasteiger partial charge is 0.493 e. The van der Waals surface area contributed by atoms with E-state index in [2.05, 4.69) is 47.4 Å². The van der Waals surface area contributed by atoms with Crippen LogP contribution in [0.4, 0.5) is 0 Å². The minimum absolute atomic E-state index is 0. The maximum atomic E-state index is 5.94. The molecule has 0 aliphatic rings. The van der Waals surface area contributed by atoms with E-state index in [4.69, 9.17) is 4.74 Å². The van der Waals surface area contributed by atoms with Crippen molar-refractivity contribution in [3.05, 3.63) is 45.9 Å². The van der Waals surface area contributed by atoms with Gasteiger partial charge in [0.15, 0.2) is 5.96 Å². The number of hydrogen-bond donors (Lipinski definition) is 2. The second kappa shape index (κ2) is 12.1. The molecule has 0 bridgehead atoms. The number of ether oxygens (including phenoxy) is 1. The lowest BCUT2D eigenvalue weighted by Crippen LogP contribution is -2.36. The van der Waals surface area contributed by atoms with Gasteiger partial charge in [-0.15, -0.1) is 35.3 Å². The SMILES string of the molecule is CN=C(NCc1ncc(C)s1)NCc1ccccc1OCCC(C)C.I. The lowest BCUT2D eigenvalue weighted by molar-refractivity contribution is 0.286. The van der Waals surface area contributed by atoms with Crippen molar-refractivity contribution in [1.82, 2.24) is 15.6 Å². The van der Waals surface area contributed by atoms with Gasteiger partial charge in [-0.05, 0) is 25.3 Å². The van der Waals surface area contributed by atoms with Crippen LogP contribution in [0.3, 0.4) is 0 Å². The molecular weight excluding hydrogens is 459 g/mol. The van der Waals surface area contributed by atoms with Crippen LogP contribution in [0.25, 0.3) is 0 Å². The number of rotatable bonds is 8. The summed E-state index contributed by atoms with van der Waals surface area (Å²) in [4.78, 5) is 9.84. The van der Waals surface area contributed by atoms with Crippen LogP contribution in [-0.4, -0.2) is 24.6 Å². The van der Waals surface area contributed by atoms with Gasteiger partial charge in [-0.25, -0.2) is 4.98 Å². The van der Waals surface area contributed by atoms with Crippen molar-refractivity contribution in [3.63, 3.8) is 0 Å². The molecule has 2 N–H and O–H groups in total. The van der Waals surface area contributed by atoms with Gasteiger partial charge in [0.1, 0.15) is 10.8 Å². The second-order valence-corrected chi connectivity index (χ2v) is 7.60. The number of halogens is 1. The van der Waals surface area contributed by atoms with E-state index < -0.39 is 0 Å². The Balaban J connectivity index is 0.00000338. The van der Waals surface area contributed by atoms with Crippen LogP contribution in [0.15, 0.2) is 35.5 Å². The fourth-order valence-electron chi connectivity index (χ4n) is 2.24. The van der Waals surface area contributed by atoms with Gasteiger partial charge in [0.05, 0.1) is 13.2 Å². The van der Waals surface area contributed by atoms with Gasteiger partial charge in [0, 0.05) is 30.2 Å². The number of nitrogens with zero attached hydrogens (tertiary/aromatic N) is 2. The summed E-state index contributed by atoms with van der Waals surface area (Å²) in [5.41, 5.74) is 1.12. The summed E-state index contributed by atoms with van der Waals surface area (Å²) in [5, 5.41) is 7.68. The van der Waals surface area contributed by atoms with Gasteiger partial charge < -0.3 is 15.4 Å². The predicted octanol–water partition coefficient (Wildman–Crippen LogP) is 4.36. The molecule has 26 heavy (non-hydrogen) atoms. The van der Waals surface area contributed by atoms with Crippen molar-refractivity contribution in [1.29, 1.82) is 0 Å². The van der Waals surface area contributed by atoms with Crippen LogP contribution < -0.4 is 15.4 Å². The van der Waals surface area contributed by atoms with E-state index in [1.807, 2.05) is 24.4 Å². The van der Waals surface area contributed by atoms with E-state index in [1.54, 1.807) is 18.4 Å². The molecule has 0 saturated carbocycles. The van der Waals surface area contributed by atoms with Crippen LogP contribution in [0.5, 0.6) is 5.75 Å². The summed E-state index contributed by atoms with van der Waals surface area (Å²) < 4.78 is 5.94. The topological polar surface area (TPSA) is 58.5 Å². The molecule has 0 aliphatic carbocycles. The average molecular weight is 488 g/mol. The highest BCUT2D eigenvalue weighted by Crippen LogP contribution is 2.18. The normalized spacial score (nSPS) is 11.2. The van der Waals surface area contributed by atoms with Crippen molar-refractivity contribution in [2.75, 3.05) is 13.7 Å². The number of hydrogen-bond acceptors (Lipinski definition) is 4. The molecule has 0 saturated heterocycles. The number of para-hydroxylation sites is 1. The molecule has 1 heterocycles.